The van der Waals surface area contributed by atoms with Gasteiger partial charge in [0.05, 0.1) is 50.5 Å². The molecule has 8 atom stereocenters. The van der Waals surface area contributed by atoms with Crippen molar-refractivity contribution >= 4 is 58.2 Å². The lowest BCUT2D eigenvalue weighted by Gasteiger charge is -2.40. The summed E-state index contributed by atoms with van der Waals surface area (Å²) >= 11 is 26.5. The number of amides is 2. The van der Waals surface area contributed by atoms with E-state index in [9.17, 15) is 9.59 Å². The molecule has 4 bridgehead atoms. The molecule has 26 heavy (non-hydrogen) atoms. The van der Waals surface area contributed by atoms with Crippen LogP contribution in [0.1, 0.15) is 26.2 Å². The Hall–Kier alpha value is -0.0400. The number of imide groups is 1. The summed E-state index contributed by atoms with van der Waals surface area (Å²) in [4.78, 5) is 29.3. The molecular weight excluding hydrogens is 424 g/mol. The first kappa shape index (κ1) is 18.0. The minimum Gasteiger partial charge on any atom is -0.373 e. The maximum Gasteiger partial charge on any atom is 0.260 e. The molecule has 5 nitrogen and oxygen atoms in total. The van der Waals surface area contributed by atoms with Crippen molar-refractivity contribution in [3.05, 3.63) is 10.1 Å². The fraction of sp³-hybridized carbons (Fsp3) is 0.765. The summed E-state index contributed by atoms with van der Waals surface area (Å²) in [5.41, 5.74) is 0. The van der Waals surface area contributed by atoms with Gasteiger partial charge in [-0.05, 0) is 12.8 Å². The van der Waals surface area contributed by atoms with Crippen molar-refractivity contribution in [2.24, 2.45) is 23.7 Å². The van der Waals surface area contributed by atoms with Crippen molar-refractivity contribution in [2.45, 2.75) is 48.1 Å². The van der Waals surface area contributed by atoms with Gasteiger partial charge in [0.25, 0.3) is 11.8 Å². The van der Waals surface area contributed by atoms with E-state index in [-0.39, 0.29) is 23.7 Å². The predicted octanol–water partition coefficient (Wildman–Crippen LogP) is 3.39. The highest BCUT2D eigenvalue weighted by atomic mass is 35.5. The number of hydrogen-bond donors (Lipinski definition) is 0. The van der Waals surface area contributed by atoms with E-state index in [1.165, 1.54) is 0 Å². The number of fused-ring (bicyclic) bond motifs is 12. The number of hydrogen-bond acceptors (Lipinski definition) is 4. The number of allylic oxidation sites excluding steroid dienone is 2. The summed E-state index contributed by atoms with van der Waals surface area (Å²) in [5.74, 6) is -2.35. The third-order valence-corrected chi connectivity index (χ3v) is 9.18. The zero-order valence-electron chi connectivity index (χ0n) is 13.9. The van der Waals surface area contributed by atoms with Gasteiger partial charge in [-0.2, -0.15) is 5.06 Å². The molecule has 4 fully saturated rings. The van der Waals surface area contributed by atoms with Crippen LogP contribution in [0.3, 0.4) is 0 Å². The van der Waals surface area contributed by atoms with E-state index < -0.39 is 33.8 Å². The number of unbranched alkanes of at least 4 members (excludes halogenated alkanes) is 1. The zero-order valence-corrected chi connectivity index (χ0v) is 16.9. The van der Waals surface area contributed by atoms with Crippen molar-refractivity contribution < 1.29 is 19.2 Å². The van der Waals surface area contributed by atoms with Gasteiger partial charge >= 0.3 is 0 Å². The Morgan fingerprint density at radius 3 is 2.04 bits per heavy atom. The molecule has 0 radical (unpaired) electrons. The first-order valence-electron chi connectivity index (χ1n) is 8.87. The molecule has 0 aromatic rings. The van der Waals surface area contributed by atoms with Crippen LogP contribution in [0.5, 0.6) is 0 Å². The van der Waals surface area contributed by atoms with Crippen LogP contribution >= 0.6 is 46.4 Å². The molecular formula is C17H17Cl4NO4. The largest absolute Gasteiger partial charge is 0.373 e. The maximum absolute atomic E-state index is 12.9. The van der Waals surface area contributed by atoms with Crippen LogP contribution in [0.2, 0.25) is 0 Å². The molecule has 142 valence electrons. The topological polar surface area (TPSA) is 55.8 Å². The second kappa shape index (κ2) is 5.52. The summed E-state index contributed by atoms with van der Waals surface area (Å²) in [6, 6.07) is 0. The molecule has 0 spiro atoms. The van der Waals surface area contributed by atoms with Crippen molar-refractivity contribution in [3.8, 4) is 0 Å². The number of nitrogens with zero attached hydrogens (tertiary/aromatic N) is 1. The number of hydroxylamine groups is 2. The maximum atomic E-state index is 12.9. The van der Waals surface area contributed by atoms with Crippen molar-refractivity contribution in [1.29, 1.82) is 0 Å². The first-order chi connectivity index (χ1) is 12.3. The molecule has 5 aliphatic rings. The molecule has 3 aliphatic heterocycles. The number of carbonyl (C=O) groups is 2. The van der Waals surface area contributed by atoms with Crippen LogP contribution in [0, 0.1) is 23.7 Å². The number of rotatable bonds is 4. The highest BCUT2D eigenvalue weighted by molar-refractivity contribution is 6.51. The van der Waals surface area contributed by atoms with Gasteiger partial charge in [0.15, 0.2) is 0 Å². The smallest absolute Gasteiger partial charge is 0.260 e. The minimum atomic E-state index is -0.935. The Kier molecular flexibility index (Phi) is 3.82. The SMILES string of the molecule is CCCCON1C(=O)[C@@H]2[C@H]3O[C@@H]([C@@H]2C1=O)[C@H]1[C@H]3[C@@]2(Cl)C[C@@]1(Cl)C(Cl)=C2Cl. The lowest BCUT2D eigenvalue weighted by Crippen LogP contribution is -2.50. The summed E-state index contributed by atoms with van der Waals surface area (Å²) in [6.45, 7) is 2.34. The molecule has 1 saturated carbocycles. The fourth-order valence-corrected chi connectivity index (χ4v) is 7.71. The Morgan fingerprint density at radius 2 is 1.58 bits per heavy atom. The van der Waals surface area contributed by atoms with E-state index in [1.807, 2.05) is 6.92 Å². The van der Waals surface area contributed by atoms with Crippen molar-refractivity contribution in [2.75, 3.05) is 6.61 Å². The molecule has 5 rings (SSSR count). The Morgan fingerprint density at radius 1 is 1.08 bits per heavy atom. The molecule has 0 unspecified atom stereocenters. The van der Waals surface area contributed by atoms with E-state index >= 15 is 0 Å². The van der Waals surface area contributed by atoms with Gasteiger partial charge in [-0.25, -0.2) is 0 Å². The van der Waals surface area contributed by atoms with Crippen LogP contribution in [-0.4, -0.2) is 45.4 Å². The second-order valence-corrected chi connectivity index (χ2v) is 9.96. The van der Waals surface area contributed by atoms with Gasteiger partial charge < -0.3 is 4.74 Å². The van der Waals surface area contributed by atoms with Crippen molar-refractivity contribution in [1.82, 2.24) is 5.06 Å². The fourth-order valence-electron chi connectivity index (χ4n) is 5.69. The average Bonchev–Trinajstić information content (AvgIpc) is 3.32. The highest BCUT2D eigenvalue weighted by Crippen LogP contribution is 2.75. The zero-order chi connectivity index (χ0) is 18.6. The summed E-state index contributed by atoms with van der Waals surface area (Å²) < 4.78 is 6.09. The van der Waals surface area contributed by atoms with E-state index in [2.05, 4.69) is 0 Å². The van der Waals surface area contributed by atoms with Gasteiger partial charge in [0, 0.05) is 11.8 Å². The third kappa shape index (κ3) is 1.84. The van der Waals surface area contributed by atoms with Gasteiger partial charge in [0.1, 0.15) is 0 Å². The summed E-state index contributed by atoms with van der Waals surface area (Å²) in [7, 11) is 0. The second-order valence-electron chi connectivity index (χ2n) is 7.86. The molecule has 0 aromatic carbocycles. The molecule has 3 heterocycles. The quantitative estimate of drug-likeness (QED) is 0.382. The van der Waals surface area contributed by atoms with E-state index in [0.717, 1.165) is 17.9 Å². The van der Waals surface area contributed by atoms with Gasteiger partial charge in [0.2, 0.25) is 0 Å². The predicted molar refractivity (Wildman–Crippen MR) is 95.9 cm³/mol. The molecule has 2 amide bonds. The molecule has 9 heteroatoms. The van der Waals surface area contributed by atoms with Crippen LogP contribution in [-0.2, 0) is 19.2 Å². The van der Waals surface area contributed by atoms with E-state index in [4.69, 9.17) is 56.0 Å². The molecule has 2 aliphatic carbocycles. The Balaban J connectivity index is 1.50. The number of halogens is 4. The standard InChI is InChI=1S/C17H17Cl4NO4/c1-2-3-4-25-22-14(23)6-7(15(22)24)11-9-8(10(6)26-11)16(20)5-17(9,21)13(19)12(16)18/h6-11H,2-5H2,1H3/t6-,7+,8-,9-,10+,11-,16+,17+/m1/s1. The third-order valence-electron chi connectivity index (χ3n) is 6.69. The van der Waals surface area contributed by atoms with E-state index in [1.54, 1.807) is 0 Å². The number of ether oxygens (including phenoxy) is 1. The minimum absolute atomic E-state index is 0.241. The van der Waals surface area contributed by atoms with Gasteiger partial charge in [-0.1, -0.05) is 36.5 Å². The Labute approximate surface area is 170 Å². The molecule has 3 saturated heterocycles. The van der Waals surface area contributed by atoms with Gasteiger partial charge in [-0.15, -0.1) is 23.2 Å². The lowest BCUT2D eigenvalue weighted by atomic mass is 9.65. The van der Waals surface area contributed by atoms with Gasteiger partial charge in [-0.3, -0.25) is 14.4 Å². The lowest BCUT2D eigenvalue weighted by molar-refractivity contribution is -0.192. The molecule has 0 N–H and O–H groups in total. The van der Waals surface area contributed by atoms with Crippen LogP contribution < -0.4 is 0 Å². The number of carbonyl (C=O) groups excluding carboxylic acids is 2. The van der Waals surface area contributed by atoms with Crippen LogP contribution in [0.25, 0.3) is 0 Å². The first-order valence-corrected chi connectivity index (χ1v) is 10.4. The highest BCUT2D eigenvalue weighted by Gasteiger charge is 2.82. The summed E-state index contributed by atoms with van der Waals surface area (Å²) in [5, 5.41) is 1.62. The number of alkyl halides is 2. The molecule has 0 aromatic heterocycles. The van der Waals surface area contributed by atoms with Crippen LogP contribution in [0.15, 0.2) is 10.1 Å². The van der Waals surface area contributed by atoms with Crippen LogP contribution in [0.4, 0.5) is 0 Å². The van der Waals surface area contributed by atoms with Crippen molar-refractivity contribution in [3.63, 3.8) is 0 Å². The monoisotopic (exact) mass is 439 g/mol. The summed E-state index contributed by atoms with van der Waals surface area (Å²) in [6.07, 6.45) is 1.08. The van der Waals surface area contributed by atoms with E-state index in [0.29, 0.717) is 23.1 Å². The average molecular weight is 441 g/mol. The normalized spacial score (nSPS) is 51.0. The Bertz CT molecular complexity index is 705.